The van der Waals surface area contributed by atoms with E-state index in [0.29, 0.717) is 0 Å². The van der Waals surface area contributed by atoms with Crippen LogP contribution in [0.4, 0.5) is 0 Å². The zero-order chi connectivity index (χ0) is 9.11. The molecule has 0 aromatic heterocycles. The maximum Gasteiger partial charge on any atom is 0.0396 e. The Hall–Kier alpha value is -0.850. The number of aliphatic imine (C=N–C) groups is 1. The Bertz CT molecular complexity index is 123. The third-order valence-electron chi connectivity index (χ3n) is 1.02. The van der Waals surface area contributed by atoms with Gasteiger partial charge in [0.15, 0.2) is 0 Å². The van der Waals surface area contributed by atoms with Crippen molar-refractivity contribution in [1.29, 1.82) is 0 Å². The van der Waals surface area contributed by atoms with Gasteiger partial charge in [0.05, 0.1) is 0 Å². The van der Waals surface area contributed by atoms with E-state index in [1.165, 1.54) is 0 Å². The van der Waals surface area contributed by atoms with Crippen LogP contribution in [0.3, 0.4) is 0 Å². The molecule has 11 heavy (non-hydrogen) atoms. The van der Waals surface area contributed by atoms with E-state index in [1.54, 1.807) is 6.08 Å². The summed E-state index contributed by atoms with van der Waals surface area (Å²) >= 11 is 0. The molecule has 0 unspecified atom stereocenters. The predicted octanol–water partition coefficient (Wildman–Crippen LogP) is 3.58. The maximum absolute atomic E-state index is 3.81. The first-order chi connectivity index (χ1) is 5.35. The number of rotatable bonds is 4. The molecular weight excluding hydrogens is 134 g/mol. The first kappa shape index (κ1) is 12.8. The fourth-order valence-electron chi connectivity index (χ4n) is 0.607. The summed E-state index contributed by atoms with van der Waals surface area (Å²) in [5.74, 6) is 0. The molecule has 0 aromatic rings. The van der Waals surface area contributed by atoms with Crippen molar-refractivity contribution in [3.8, 4) is 0 Å². The van der Waals surface area contributed by atoms with E-state index in [9.17, 15) is 0 Å². The standard InChI is InChI=1S/C8H13N.C2H6/c1-4-6-8(9-3)7-5-2;1-2/h4,6H,1,3,5,7H2,2H3;1-2H3/b8-6-;. The lowest BCUT2D eigenvalue weighted by molar-refractivity contribution is 0.896. The molecular formula is C10H19N. The SMILES string of the molecule is C=C/C=C(/CCC)N=C.CC. The minimum atomic E-state index is 0.996. The number of hydrogen-bond donors (Lipinski definition) is 0. The van der Waals surface area contributed by atoms with Crippen molar-refractivity contribution in [1.82, 2.24) is 0 Å². The Balaban J connectivity index is 0. The third kappa shape index (κ3) is 9.15. The summed E-state index contributed by atoms with van der Waals surface area (Å²) in [7, 11) is 0. The van der Waals surface area contributed by atoms with Crippen LogP contribution in [0.15, 0.2) is 29.4 Å². The molecule has 1 heteroatoms. The Morgan fingerprint density at radius 1 is 1.45 bits per heavy atom. The van der Waals surface area contributed by atoms with Gasteiger partial charge < -0.3 is 0 Å². The van der Waals surface area contributed by atoms with E-state index in [-0.39, 0.29) is 0 Å². The second-order valence-electron chi connectivity index (χ2n) is 1.80. The van der Waals surface area contributed by atoms with E-state index in [2.05, 4.69) is 25.2 Å². The van der Waals surface area contributed by atoms with Gasteiger partial charge in [0, 0.05) is 5.70 Å². The van der Waals surface area contributed by atoms with Gasteiger partial charge in [-0.2, -0.15) is 0 Å². The molecule has 1 nitrogen and oxygen atoms in total. The molecule has 0 fully saturated rings. The Morgan fingerprint density at radius 2 is 2.00 bits per heavy atom. The van der Waals surface area contributed by atoms with Crippen molar-refractivity contribution in [3.05, 3.63) is 24.4 Å². The van der Waals surface area contributed by atoms with Crippen LogP contribution in [0.5, 0.6) is 0 Å². The summed E-state index contributed by atoms with van der Waals surface area (Å²) in [6, 6.07) is 0. The lowest BCUT2D eigenvalue weighted by Crippen LogP contribution is -1.74. The van der Waals surface area contributed by atoms with Crippen molar-refractivity contribution in [2.24, 2.45) is 4.99 Å². The molecule has 0 bridgehead atoms. The van der Waals surface area contributed by atoms with Gasteiger partial charge in [0.2, 0.25) is 0 Å². The minimum absolute atomic E-state index is 0.996. The van der Waals surface area contributed by atoms with E-state index in [4.69, 9.17) is 0 Å². The van der Waals surface area contributed by atoms with Crippen molar-refractivity contribution in [2.75, 3.05) is 0 Å². The van der Waals surface area contributed by atoms with Crippen molar-refractivity contribution in [2.45, 2.75) is 33.6 Å². The van der Waals surface area contributed by atoms with Crippen LogP contribution in [-0.4, -0.2) is 6.72 Å². The smallest absolute Gasteiger partial charge is 0.0396 e. The minimum Gasteiger partial charge on any atom is -0.269 e. The highest BCUT2D eigenvalue weighted by Crippen LogP contribution is 2.04. The van der Waals surface area contributed by atoms with Gasteiger partial charge in [-0.1, -0.05) is 39.8 Å². The second-order valence-corrected chi connectivity index (χ2v) is 1.80. The molecule has 0 radical (unpaired) electrons. The van der Waals surface area contributed by atoms with Crippen LogP contribution in [0, 0.1) is 0 Å². The zero-order valence-electron chi connectivity index (χ0n) is 7.93. The van der Waals surface area contributed by atoms with Crippen LogP contribution in [-0.2, 0) is 0 Å². The van der Waals surface area contributed by atoms with E-state index in [0.717, 1.165) is 18.5 Å². The normalized spacial score (nSPS) is 9.55. The van der Waals surface area contributed by atoms with Gasteiger partial charge >= 0.3 is 0 Å². The lowest BCUT2D eigenvalue weighted by atomic mass is 10.2. The molecule has 0 N–H and O–H groups in total. The second kappa shape index (κ2) is 11.9. The fourth-order valence-corrected chi connectivity index (χ4v) is 0.607. The predicted molar refractivity (Wildman–Crippen MR) is 54.1 cm³/mol. The van der Waals surface area contributed by atoms with Crippen LogP contribution < -0.4 is 0 Å². The number of hydrogen-bond acceptors (Lipinski definition) is 1. The molecule has 0 aliphatic heterocycles. The molecule has 0 atom stereocenters. The average Bonchev–Trinajstić information content (AvgIpc) is 2.08. The summed E-state index contributed by atoms with van der Waals surface area (Å²) in [4.78, 5) is 3.81. The number of allylic oxidation sites excluding steroid dienone is 3. The molecule has 0 aliphatic carbocycles. The average molecular weight is 153 g/mol. The first-order valence-electron chi connectivity index (χ1n) is 4.13. The fraction of sp³-hybridized carbons (Fsp3) is 0.500. The molecule has 0 heterocycles. The van der Waals surface area contributed by atoms with E-state index >= 15 is 0 Å². The Kier molecular flexibility index (Phi) is 13.8. The summed E-state index contributed by atoms with van der Waals surface area (Å²) in [6.45, 7) is 13.1. The zero-order valence-corrected chi connectivity index (χ0v) is 7.93. The van der Waals surface area contributed by atoms with Gasteiger partial charge in [0.1, 0.15) is 0 Å². The Labute approximate surface area is 70.5 Å². The summed E-state index contributed by atoms with van der Waals surface area (Å²) < 4.78 is 0. The van der Waals surface area contributed by atoms with Gasteiger partial charge in [0.25, 0.3) is 0 Å². The highest BCUT2D eigenvalue weighted by atomic mass is 14.7. The van der Waals surface area contributed by atoms with Crippen LogP contribution in [0.1, 0.15) is 33.6 Å². The van der Waals surface area contributed by atoms with Crippen molar-refractivity contribution in [3.63, 3.8) is 0 Å². The van der Waals surface area contributed by atoms with Gasteiger partial charge in [-0.25, -0.2) is 0 Å². The lowest BCUT2D eigenvalue weighted by Gasteiger charge is -1.93. The molecule has 0 aliphatic rings. The van der Waals surface area contributed by atoms with Crippen LogP contribution in [0.2, 0.25) is 0 Å². The molecule has 0 aromatic carbocycles. The quantitative estimate of drug-likeness (QED) is 0.432. The topological polar surface area (TPSA) is 12.4 Å². The molecule has 64 valence electrons. The van der Waals surface area contributed by atoms with Gasteiger partial charge in [-0.05, 0) is 19.2 Å². The van der Waals surface area contributed by atoms with Crippen molar-refractivity contribution >= 4 is 6.72 Å². The molecule has 0 amide bonds. The maximum atomic E-state index is 3.81. The highest BCUT2D eigenvalue weighted by Gasteiger charge is 1.85. The number of nitrogens with zero attached hydrogens (tertiary/aromatic N) is 1. The largest absolute Gasteiger partial charge is 0.269 e. The van der Waals surface area contributed by atoms with Gasteiger partial charge in [-0.3, -0.25) is 4.99 Å². The van der Waals surface area contributed by atoms with Crippen molar-refractivity contribution < 1.29 is 0 Å². The summed E-state index contributed by atoms with van der Waals surface area (Å²) in [5.41, 5.74) is 1.02. The van der Waals surface area contributed by atoms with E-state index < -0.39 is 0 Å². The molecule has 0 rings (SSSR count). The summed E-state index contributed by atoms with van der Waals surface area (Å²) in [6.07, 6.45) is 5.73. The monoisotopic (exact) mass is 153 g/mol. The Morgan fingerprint density at radius 3 is 2.27 bits per heavy atom. The first-order valence-corrected chi connectivity index (χ1v) is 4.13. The summed E-state index contributed by atoms with van der Waals surface area (Å²) in [5, 5.41) is 0. The van der Waals surface area contributed by atoms with Crippen LogP contribution >= 0.6 is 0 Å². The third-order valence-corrected chi connectivity index (χ3v) is 1.02. The van der Waals surface area contributed by atoms with E-state index in [1.807, 2.05) is 19.9 Å². The molecule has 0 saturated heterocycles. The highest BCUT2D eigenvalue weighted by molar-refractivity contribution is 5.29. The van der Waals surface area contributed by atoms with Gasteiger partial charge in [-0.15, -0.1) is 0 Å². The van der Waals surface area contributed by atoms with Crippen LogP contribution in [0.25, 0.3) is 0 Å². The molecule has 0 saturated carbocycles. The molecule has 0 spiro atoms.